The minimum absolute atomic E-state index is 0.0231. The van der Waals surface area contributed by atoms with E-state index in [4.69, 9.17) is 9.84 Å². The van der Waals surface area contributed by atoms with E-state index in [1.807, 2.05) is 6.92 Å². The summed E-state index contributed by atoms with van der Waals surface area (Å²) in [5.74, 6) is -1.09. The van der Waals surface area contributed by atoms with Crippen molar-refractivity contribution in [1.29, 1.82) is 0 Å². The van der Waals surface area contributed by atoms with Gasteiger partial charge in [-0.2, -0.15) is 0 Å². The van der Waals surface area contributed by atoms with E-state index in [9.17, 15) is 9.59 Å². The lowest BCUT2D eigenvalue weighted by Crippen LogP contribution is -2.43. The molecular weight excluding hydrogens is 262 g/mol. The van der Waals surface area contributed by atoms with E-state index in [1.165, 1.54) is 18.5 Å². The largest absolute Gasteiger partial charge is 0.478 e. The number of anilines is 1. The minimum atomic E-state index is -1.09. The molecule has 1 aromatic rings. The lowest BCUT2D eigenvalue weighted by atomic mass is 10.1. The Morgan fingerprint density at radius 3 is 2.95 bits per heavy atom. The van der Waals surface area contributed by atoms with E-state index in [1.54, 1.807) is 0 Å². The SMILES string of the molecule is CC(NC(=O)Nc1cncc(C(=O)O)c1)C1CCCO1. The number of aromatic carboxylic acids is 1. The second kappa shape index (κ2) is 6.33. The monoisotopic (exact) mass is 279 g/mol. The van der Waals surface area contributed by atoms with Crippen LogP contribution in [0.2, 0.25) is 0 Å². The second-order valence-corrected chi connectivity index (χ2v) is 4.71. The number of amides is 2. The third-order valence-electron chi connectivity index (χ3n) is 3.12. The number of ether oxygens (including phenoxy) is 1. The van der Waals surface area contributed by atoms with Crippen molar-refractivity contribution in [2.24, 2.45) is 0 Å². The van der Waals surface area contributed by atoms with Crippen molar-refractivity contribution in [3.63, 3.8) is 0 Å². The molecule has 1 aromatic heterocycles. The molecule has 3 N–H and O–H groups in total. The van der Waals surface area contributed by atoms with Gasteiger partial charge in [-0.25, -0.2) is 9.59 Å². The van der Waals surface area contributed by atoms with Crippen molar-refractivity contribution in [3.05, 3.63) is 24.0 Å². The summed E-state index contributed by atoms with van der Waals surface area (Å²) >= 11 is 0. The number of urea groups is 1. The number of carbonyl (C=O) groups excluding carboxylic acids is 1. The van der Waals surface area contributed by atoms with Gasteiger partial charge >= 0.3 is 12.0 Å². The highest BCUT2D eigenvalue weighted by molar-refractivity contribution is 5.92. The van der Waals surface area contributed by atoms with Crippen LogP contribution in [0.15, 0.2) is 18.5 Å². The fourth-order valence-corrected chi connectivity index (χ4v) is 2.09. The number of pyridine rings is 1. The van der Waals surface area contributed by atoms with Crippen molar-refractivity contribution in [2.75, 3.05) is 11.9 Å². The predicted molar refractivity (Wildman–Crippen MR) is 71.8 cm³/mol. The Hall–Kier alpha value is -2.15. The maximum atomic E-state index is 11.8. The van der Waals surface area contributed by atoms with Crippen LogP contribution in [0.1, 0.15) is 30.1 Å². The molecule has 0 bridgehead atoms. The summed E-state index contributed by atoms with van der Waals surface area (Å²) in [6, 6.07) is 0.844. The van der Waals surface area contributed by atoms with Gasteiger partial charge in [0.05, 0.1) is 29.6 Å². The van der Waals surface area contributed by atoms with E-state index < -0.39 is 12.0 Å². The molecule has 0 radical (unpaired) electrons. The number of hydrogen-bond donors (Lipinski definition) is 3. The first-order chi connectivity index (χ1) is 9.56. The molecule has 0 saturated carbocycles. The molecule has 1 aliphatic heterocycles. The summed E-state index contributed by atoms with van der Waals surface area (Å²) in [7, 11) is 0. The van der Waals surface area contributed by atoms with Crippen LogP contribution in [0.4, 0.5) is 10.5 Å². The van der Waals surface area contributed by atoms with Gasteiger partial charge in [-0.3, -0.25) is 4.98 Å². The maximum absolute atomic E-state index is 11.8. The summed E-state index contributed by atoms with van der Waals surface area (Å²) in [5.41, 5.74) is 0.358. The van der Waals surface area contributed by atoms with Gasteiger partial charge in [-0.05, 0) is 25.8 Å². The Kier molecular flexibility index (Phi) is 4.52. The number of carbonyl (C=O) groups is 2. The Labute approximate surface area is 116 Å². The van der Waals surface area contributed by atoms with E-state index in [2.05, 4.69) is 15.6 Å². The average molecular weight is 279 g/mol. The van der Waals surface area contributed by atoms with Crippen molar-refractivity contribution in [1.82, 2.24) is 10.3 Å². The van der Waals surface area contributed by atoms with Gasteiger partial charge in [0.25, 0.3) is 0 Å². The zero-order chi connectivity index (χ0) is 14.5. The molecule has 2 amide bonds. The Morgan fingerprint density at radius 2 is 2.30 bits per heavy atom. The lowest BCUT2D eigenvalue weighted by molar-refractivity contribution is 0.0696. The fraction of sp³-hybridized carbons (Fsp3) is 0.462. The third kappa shape index (κ3) is 3.67. The Morgan fingerprint density at radius 1 is 1.50 bits per heavy atom. The van der Waals surface area contributed by atoms with Crippen molar-refractivity contribution in [2.45, 2.75) is 31.9 Å². The first-order valence-electron chi connectivity index (χ1n) is 6.43. The molecule has 1 saturated heterocycles. The molecule has 0 spiro atoms. The van der Waals surface area contributed by atoms with Crippen LogP contribution in [0, 0.1) is 0 Å². The standard InChI is InChI=1S/C13H17N3O4/c1-8(11-3-2-4-20-11)15-13(19)16-10-5-9(12(17)18)6-14-7-10/h5-8,11H,2-4H2,1H3,(H,17,18)(H2,15,16,19). The van der Waals surface area contributed by atoms with Gasteiger partial charge in [-0.15, -0.1) is 0 Å². The first-order valence-corrected chi connectivity index (χ1v) is 6.43. The Bertz CT molecular complexity index is 500. The number of nitrogens with zero attached hydrogens (tertiary/aromatic N) is 1. The number of rotatable bonds is 4. The Balaban J connectivity index is 1.90. The molecule has 0 aromatic carbocycles. The highest BCUT2D eigenvalue weighted by Gasteiger charge is 2.23. The van der Waals surface area contributed by atoms with Gasteiger partial charge in [0.1, 0.15) is 0 Å². The van der Waals surface area contributed by atoms with Crippen molar-refractivity contribution in [3.8, 4) is 0 Å². The van der Waals surface area contributed by atoms with Crippen LogP contribution < -0.4 is 10.6 Å². The molecule has 108 valence electrons. The van der Waals surface area contributed by atoms with E-state index in [-0.39, 0.29) is 17.7 Å². The molecule has 2 heterocycles. The van der Waals surface area contributed by atoms with E-state index >= 15 is 0 Å². The third-order valence-corrected chi connectivity index (χ3v) is 3.12. The lowest BCUT2D eigenvalue weighted by Gasteiger charge is -2.20. The topological polar surface area (TPSA) is 101 Å². The zero-order valence-corrected chi connectivity index (χ0v) is 11.1. The normalized spacial score (nSPS) is 19.4. The molecule has 7 nitrogen and oxygen atoms in total. The van der Waals surface area contributed by atoms with Gasteiger partial charge in [0.2, 0.25) is 0 Å². The van der Waals surface area contributed by atoms with Crippen LogP contribution >= 0.6 is 0 Å². The fourth-order valence-electron chi connectivity index (χ4n) is 2.09. The van der Waals surface area contributed by atoms with E-state index in [0.29, 0.717) is 5.69 Å². The molecule has 1 fully saturated rings. The molecule has 2 atom stereocenters. The molecular formula is C13H17N3O4. The van der Waals surface area contributed by atoms with Gasteiger partial charge in [0, 0.05) is 12.8 Å². The number of aromatic nitrogens is 1. The van der Waals surface area contributed by atoms with Crippen LogP contribution in [0.5, 0.6) is 0 Å². The average Bonchev–Trinajstić information content (AvgIpc) is 2.92. The molecule has 2 unspecified atom stereocenters. The van der Waals surface area contributed by atoms with E-state index in [0.717, 1.165) is 19.4 Å². The summed E-state index contributed by atoms with van der Waals surface area (Å²) in [6.45, 7) is 2.60. The molecule has 7 heteroatoms. The first kappa shape index (κ1) is 14.3. The van der Waals surface area contributed by atoms with Crippen LogP contribution in [0.25, 0.3) is 0 Å². The molecule has 20 heavy (non-hydrogen) atoms. The van der Waals surface area contributed by atoms with Crippen LogP contribution in [-0.2, 0) is 4.74 Å². The molecule has 1 aliphatic rings. The highest BCUT2D eigenvalue weighted by Crippen LogP contribution is 2.15. The molecule has 2 rings (SSSR count). The highest BCUT2D eigenvalue weighted by atomic mass is 16.5. The van der Waals surface area contributed by atoms with Crippen molar-refractivity contribution >= 4 is 17.7 Å². The smallest absolute Gasteiger partial charge is 0.337 e. The number of carboxylic acids is 1. The number of hydrogen-bond acceptors (Lipinski definition) is 4. The van der Waals surface area contributed by atoms with Crippen LogP contribution in [-0.4, -0.2) is 40.8 Å². The predicted octanol–water partition coefficient (Wildman–Crippen LogP) is 1.47. The quantitative estimate of drug-likeness (QED) is 0.774. The number of nitrogens with one attached hydrogen (secondary N) is 2. The summed E-state index contributed by atoms with van der Waals surface area (Å²) in [5, 5.41) is 14.2. The van der Waals surface area contributed by atoms with Gasteiger partial charge < -0.3 is 20.5 Å². The van der Waals surface area contributed by atoms with Crippen LogP contribution in [0.3, 0.4) is 0 Å². The second-order valence-electron chi connectivity index (χ2n) is 4.71. The molecule has 0 aliphatic carbocycles. The summed E-state index contributed by atoms with van der Waals surface area (Å²) in [4.78, 5) is 26.4. The minimum Gasteiger partial charge on any atom is -0.478 e. The number of carboxylic acid groups (broad SMARTS) is 1. The van der Waals surface area contributed by atoms with Gasteiger partial charge in [-0.1, -0.05) is 0 Å². The zero-order valence-electron chi connectivity index (χ0n) is 11.1. The van der Waals surface area contributed by atoms with Crippen molar-refractivity contribution < 1.29 is 19.4 Å². The van der Waals surface area contributed by atoms with Gasteiger partial charge in [0.15, 0.2) is 0 Å². The summed E-state index contributed by atoms with van der Waals surface area (Å²) in [6.07, 6.45) is 4.58. The maximum Gasteiger partial charge on any atom is 0.337 e. The summed E-state index contributed by atoms with van der Waals surface area (Å²) < 4.78 is 5.48.